The molecule has 94 valence electrons. The molecule has 0 aliphatic heterocycles. The molecule has 0 radical (unpaired) electrons. The summed E-state index contributed by atoms with van der Waals surface area (Å²) in [6.07, 6.45) is 2.21. The smallest absolute Gasteiger partial charge is 0.255 e. The fourth-order valence-electron chi connectivity index (χ4n) is 1.71. The van der Waals surface area contributed by atoms with E-state index in [0.717, 1.165) is 5.56 Å². The van der Waals surface area contributed by atoms with Crippen molar-refractivity contribution in [3.05, 3.63) is 53.5 Å². The number of carbonyl (C=O) groups is 1. The minimum Gasteiger partial charge on any atom is -0.508 e. The Kier molecular flexibility index (Phi) is 3.67. The van der Waals surface area contributed by atoms with E-state index in [2.05, 4.69) is 5.32 Å². The lowest BCUT2D eigenvalue weighted by Crippen LogP contribution is -2.23. The van der Waals surface area contributed by atoms with Gasteiger partial charge in [0.05, 0.1) is 11.8 Å². The molecule has 2 N–H and O–H groups in total. The predicted molar refractivity (Wildman–Crippen MR) is 67.4 cm³/mol. The Morgan fingerprint density at radius 1 is 1.28 bits per heavy atom. The van der Waals surface area contributed by atoms with Crippen LogP contribution in [0.2, 0.25) is 0 Å². The molecule has 4 nitrogen and oxygen atoms in total. The van der Waals surface area contributed by atoms with Crippen molar-refractivity contribution in [2.75, 3.05) is 0 Å². The topological polar surface area (TPSA) is 62.5 Å². The van der Waals surface area contributed by atoms with E-state index in [1.165, 1.54) is 6.26 Å². The van der Waals surface area contributed by atoms with Gasteiger partial charge in [0.2, 0.25) is 0 Å². The van der Waals surface area contributed by atoms with Gasteiger partial charge in [0.25, 0.3) is 5.91 Å². The van der Waals surface area contributed by atoms with E-state index < -0.39 is 0 Å². The third kappa shape index (κ3) is 2.71. The average molecular weight is 245 g/mol. The summed E-state index contributed by atoms with van der Waals surface area (Å²) in [6, 6.07) is 8.40. The van der Waals surface area contributed by atoms with Crippen molar-refractivity contribution < 1.29 is 14.3 Å². The van der Waals surface area contributed by atoms with Crippen LogP contribution in [0.15, 0.2) is 41.0 Å². The first kappa shape index (κ1) is 12.2. The fraction of sp³-hybridized carbons (Fsp3) is 0.214. The molecule has 4 heteroatoms. The molecule has 0 aliphatic rings. The summed E-state index contributed by atoms with van der Waals surface area (Å²) >= 11 is 0. The molecule has 2 rings (SSSR count). The molecule has 2 aromatic rings. The molecule has 0 unspecified atom stereocenters. The highest BCUT2D eigenvalue weighted by molar-refractivity contribution is 5.95. The zero-order valence-corrected chi connectivity index (χ0v) is 10.1. The molecule has 1 amide bonds. The summed E-state index contributed by atoms with van der Waals surface area (Å²) in [5.74, 6) is 0.764. The lowest BCUT2D eigenvalue weighted by atomic mass is 10.2. The number of rotatable bonds is 4. The van der Waals surface area contributed by atoms with Crippen LogP contribution in [0.5, 0.6) is 5.75 Å². The molecular weight excluding hydrogens is 230 g/mol. The van der Waals surface area contributed by atoms with Gasteiger partial charge in [0.1, 0.15) is 11.5 Å². The Labute approximate surface area is 105 Å². The Hall–Kier alpha value is -2.23. The highest BCUT2D eigenvalue weighted by Gasteiger charge is 2.12. The Bertz CT molecular complexity index is 528. The van der Waals surface area contributed by atoms with E-state index in [1.54, 1.807) is 30.3 Å². The Morgan fingerprint density at radius 3 is 2.67 bits per heavy atom. The van der Waals surface area contributed by atoms with Gasteiger partial charge in [-0.1, -0.05) is 19.1 Å². The number of furan rings is 1. The summed E-state index contributed by atoms with van der Waals surface area (Å²) in [5.41, 5.74) is 1.51. The fourth-order valence-corrected chi connectivity index (χ4v) is 1.71. The predicted octanol–water partition coefficient (Wildman–Crippen LogP) is 2.48. The summed E-state index contributed by atoms with van der Waals surface area (Å²) in [7, 11) is 0. The van der Waals surface area contributed by atoms with Gasteiger partial charge in [-0.25, -0.2) is 0 Å². The van der Waals surface area contributed by atoms with Crippen LogP contribution >= 0.6 is 0 Å². The largest absolute Gasteiger partial charge is 0.508 e. The molecule has 1 aromatic heterocycles. The number of benzene rings is 1. The van der Waals surface area contributed by atoms with Crippen LogP contribution in [0, 0.1) is 0 Å². The number of carbonyl (C=O) groups excluding carboxylic acids is 1. The second-order valence-corrected chi connectivity index (χ2v) is 3.96. The minimum absolute atomic E-state index is 0.145. The number of hydrogen-bond acceptors (Lipinski definition) is 3. The van der Waals surface area contributed by atoms with Crippen molar-refractivity contribution in [3.8, 4) is 5.75 Å². The number of aryl methyl sites for hydroxylation is 1. The maximum absolute atomic E-state index is 11.9. The van der Waals surface area contributed by atoms with Gasteiger partial charge in [-0.3, -0.25) is 4.79 Å². The van der Waals surface area contributed by atoms with E-state index in [0.29, 0.717) is 24.3 Å². The lowest BCUT2D eigenvalue weighted by Gasteiger charge is -2.05. The molecule has 0 fully saturated rings. The van der Waals surface area contributed by atoms with Crippen LogP contribution in [0.1, 0.15) is 28.6 Å². The van der Waals surface area contributed by atoms with Gasteiger partial charge in [0, 0.05) is 13.0 Å². The number of hydrogen-bond donors (Lipinski definition) is 2. The van der Waals surface area contributed by atoms with Crippen molar-refractivity contribution in [3.63, 3.8) is 0 Å². The monoisotopic (exact) mass is 245 g/mol. The molecule has 1 heterocycles. The third-order valence-corrected chi connectivity index (χ3v) is 2.70. The molecule has 1 aromatic carbocycles. The van der Waals surface area contributed by atoms with E-state index in [1.807, 2.05) is 6.92 Å². The van der Waals surface area contributed by atoms with Gasteiger partial charge in [-0.05, 0) is 23.8 Å². The Balaban J connectivity index is 1.98. The summed E-state index contributed by atoms with van der Waals surface area (Å²) < 4.78 is 5.21. The third-order valence-electron chi connectivity index (χ3n) is 2.70. The van der Waals surface area contributed by atoms with Crippen LogP contribution in [-0.2, 0) is 13.0 Å². The van der Waals surface area contributed by atoms with Gasteiger partial charge in [0.15, 0.2) is 0 Å². The molecule has 0 atom stereocenters. The second kappa shape index (κ2) is 5.40. The van der Waals surface area contributed by atoms with E-state index >= 15 is 0 Å². The van der Waals surface area contributed by atoms with E-state index in [-0.39, 0.29) is 11.7 Å². The van der Waals surface area contributed by atoms with E-state index in [4.69, 9.17) is 9.52 Å². The SMILES string of the molecule is CCc1occc1C(=O)NCc1ccc(O)cc1. The van der Waals surface area contributed by atoms with Gasteiger partial charge in [-0.15, -0.1) is 0 Å². The number of aromatic hydroxyl groups is 1. The summed E-state index contributed by atoms with van der Waals surface area (Å²) in [4.78, 5) is 11.9. The molecule has 0 spiro atoms. The summed E-state index contributed by atoms with van der Waals surface area (Å²) in [5, 5.41) is 12.0. The molecule has 0 saturated heterocycles. The summed E-state index contributed by atoms with van der Waals surface area (Å²) in [6.45, 7) is 2.36. The van der Waals surface area contributed by atoms with Crippen molar-refractivity contribution in [1.29, 1.82) is 0 Å². The normalized spacial score (nSPS) is 10.3. The van der Waals surface area contributed by atoms with E-state index in [9.17, 15) is 4.79 Å². The first-order chi connectivity index (χ1) is 8.70. The number of phenols is 1. The first-order valence-corrected chi connectivity index (χ1v) is 5.83. The van der Waals surface area contributed by atoms with Crippen LogP contribution in [0.3, 0.4) is 0 Å². The average Bonchev–Trinajstić information content (AvgIpc) is 2.86. The van der Waals surface area contributed by atoms with Gasteiger partial charge < -0.3 is 14.8 Å². The van der Waals surface area contributed by atoms with Crippen molar-refractivity contribution in [2.45, 2.75) is 19.9 Å². The second-order valence-electron chi connectivity index (χ2n) is 3.96. The molecule has 0 bridgehead atoms. The number of nitrogens with one attached hydrogen (secondary N) is 1. The van der Waals surface area contributed by atoms with Gasteiger partial charge >= 0.3 is 0 Å². The standard InChI is InChI=1S/C14H15NO3/c1-2-13-12(7-8-18-13)14(17)15-9-10-3-5-11(16)6-4-10/h3-8,16H,2,9H2,1H3,(H,15,17). The van der Waals surface area contributed by atoms with Gasteiger partial charge in [-0.2, -0.15) is 0 Å². The zero-order valence-electron chi connectivity index (χ0n) is 10.1. The minimum atomic E-state index is -0.145. The van der Waals surface area contributed by atoms with Crippen LogP contribution < -0.4 is 5.32 Å². The van der Waals surface area contributed by atoms with Crippen molar-refractivity contribution in [2.24, 2.45) is 0 Å². The number of amides is 1. The highest BCUT2D eigenvalue weighted by Crippen LogP contribution is 2.12. The molecule has 0 aliphatic carbocycles. The van der Waals surface area contributed by atoms with Crippen LogP contribution in [-0.4, -0.2) is 11.0 Å². The molecule has 0 saturated carbocycles. The molecular formula is C14H15NO3. The molecule has 18 heavy (non-hydrogen) atoms. The zero-order chi connectivity index (χ0) is 13.0. The lowest BCUT2D eigenvalue weighted by molar-refractivity contribution is 0.0949. The van der Waals surface area contributed by atoms with Crippen LogP contribution in [0.25, 0.3) is 0 Å². The maximum atomic E-state index is 11.9. The highest BCUT2D eigenvalue weighted by atomic mass is 16.3. The first-order valence-electron chi connectivity index (χ1n) is 5.83. The van der Waals surface area contributed by atoms with Crippen molar-refractivity contribution >= 4 is 5.91 Å². The number of phenolic OH excluding ortho intramolecular Hbond substituents is 1. The Morgan fingerprint density at radius 2 is 2.00 bits per heavy atom. The quantitative estimate of drug-likeness (QED) is 0.869. The van der Waals surface area contributed by atoms with Crippen molar-refractivity contribution in [1.82, 2.24) is 5.32 Å². The maximum Gasteiger partial charge on any atom is 0.255 e. The van der Waals surface area contributed by atoms with Crippen LogP contribution in [0.4, 0.5) is 0 Å².